The van der Waals surface area contributed by atoms with E-state index in [1.165, 1.54) is 17.8 Å². The Kier molecular flexibility index (Phi) is 5.30. The minimum Gasteiger partial charge on any atom is -0.480 e. The first-order chi connectivity index (χ1) is 13.2. The van der Waals surface area contributed by atoms with E-state index in [0.717, 1.165) is 18.6 Å². The number of carbonyl (C=O) groups is 3. The lowest BCUT2D eigenvalue weighted by Gasteiger charge is -2.27. The number of carbonyl (C=O) groups excluding carboxylic acids is 2. The zero-order chi connectivity index (χ0) is 20.5. The number of hydrogen-bond donors (Lipinski definition) is 3. The van der Waals surface area contributed by atoms with Crippen molar-refractivity contribution in [2.75, 3.05) is 6.54 Å². The zero-order valence-electron chi connectivity index (χ0n) is 15.2. The van der Waals surface area contributed by atoms with Crippen molar-refractivity contribution in [1.29, 1.82) is 0 Å². The second kappa shape index (κ2) is 7.53. The van der Waals surface area contributed by atoms with E-state index in [1.54, 1.807) is 0 Å². The first-order valence-corrected chi connectivity index (χ1v) is 8.84. The van der Waals surface area contributed by atoms with Gasteiger partial charge in [-0.25, -0.2) is 18.6 Å². The molecule has 150 valence electrons. The third-order valence-corrected chi connectivity index (χ3v) is 5.04. The molecule has 0 bridgehead atoms. The Balaban J connectivity index is 1.83. The van der Waals surface area contributed by atoms with E-state index < -0.39 is 40.9 Å². The fraction of sp³-hybridized carbons (Fsp3) is 0.444. The van der Waals surface area contributed by atoms with Crippen molar-refractivity contribution in [3.63, 3.8) is 0 Å². The van der Waals surface area contributed by atoms with Gasteiger partial charge in [-0.05, 0) is 19.8 Å². The molecule has 28 heavy (non-hydrogen) atoms. The molecule has 1 aliphatic rings. The molecule has 8 nitrogen and oxygen atoms in total. The number of nitrogens with zero attached hydrogens (tertiary/aromatic N) is 2. The Morgan fingerprint density at radius 1 is 1.36 bits per heavy atom. The molecule has 2 atom stereocenters. The van der Waals surface area contributed by atoms with Crippen molar-refractivity contribution < 1.29 is 28.3 Å². The monoisotopic (exact) mass is 394 g/mol. The number of aromatic nitrogens is 2. The minimum atomic E-state index is -1.38. The van der Waals surface area contributed by atoms with Crippen LogP contribution in [0.25, 0.3) is 11.0 Å². The highest BCUT2D eigenvalue weighted by atomic mass is 19.2. The van der Waals surface area contributed by atoms with E-state index in [-0.39, 0.29) is 17.6 Å². The predicted molar refractivity (Wildman–Crippen MR) is 94.2 cm³/mol. The number of carboxylic acids is 1. The molecule has 1 saturated heterocycles. The number of amides is 2. The third-order valence-electron chi connectivity index (χ3n) is 5.04. The van der Waals surface area contributed by atoms with Crippen molar-refractivity contribution in [3.8, 4) is 0 Å². The van der Waals surface area contributed by atoms with Crippen LogP contribution in [-0.2, 0) is 20.9 Å². The van der Waals surface area contributed by atoms with Crippen molar-refractivity contribution in [2.45, 2.75) is 38.8 Å². The van der Waals surface area contributed by atoms with E-state index in [9.17, 15) is 28.3 Å². The molecule has 1 aromatic heterocycles. The maximum atomic E-state index is 13.5. The molecule has 1 aromatic carbocycles. The van der Waals surface area contributed by atoms with Gasteiger partial charge < -0.3 is 20.3 Å². The largest absolute Gasteiger partial charge is 0.480 e. The lowest BCUT2D eigenvalue weighted by atomic mass is 9.83. The first kappa shape index (κ1) is 19.7. The summed E-state index contributed by atoms with van der Waals surface area (Å²) >= 11 is 0. The fourth-order valence-electron chi connectivity index (χ4n) is 3.23. The molecule has 0 radical (unpaired) electrons. The van der Waals surface area contributed by atoms with Crippen LogP contribution in [0.5, 0.6) is 0 Å². The van der Waals surface area contributed by atoms with Crippen LogP contribution in [0, 0.1) is 17.0 Å². The van der Waals surface area contributed by atoms with E-state index >= 15 is 0 Å². The number of halogens is 2. The van der Waals surface area contributed by atoms with Gasteiger partial charge in [0.05, 0.1) is 23.9 Å². The average Bonchev–Trinajstić information content (AvgIpc) is 2.92. The van der Waals surface area contributed by atoms with E-state index in [0.29, 0.717) is 19.4 Å². The van der Waals surface area contributed by atoms with Gasteiger partial charge in [-0.1, -0.05) is 6.42 Å². The van der Waals surface area contributed by atoms with Gasteiger partial charge in [0, 0.05) is 18.7 Å². The van der Waals surface area contributed by atoms with Crippen LogP contribution in [0.4, 0.5) is 8.78 Å². The Hall–Kier alpha value is -3.04. The summed E-state index contributed by atoms with van der Waals surface area (Å²) in [6.45, 7) is 1.68. The summed E-state index contributed by atoms with van der Waals surface area (Å²) in [7, 11) is 0. The Morgan fingerprint density at radius 2 is 2.07 bits per heavy atom. The standard InChI is InChI=1S/C18H20F2N4O4/c1-18(4-2-3-5-21-16(18)27)17(28)23-13(15(25)26)8-24-9-22-12-6-10(19)11(20)7-14(12)24/h6-7,9,13H,2-5,8H2,1H3,(H,21,27)(H,23,28)(H,25,26). The van der Waals surface area contributed by atoms with Crippen molar-refractivity contribution in [2.24, 2.45) is 5.41 Å². The van der Waals surface area contributed by atoms with E-state index in [4.69, 9.17) is 0 Å². The summed E-state index contributed by atoms with van der Waals surface area (Å²) in [5.74, 6) is -4.62. The number of hydrogen-bond acceptors (Lipinski definition) is 4. The maximum absolute atomic E-state index is 13.5. The zero-order valence-corrected chi connectivity index (χ0v) is 15.2. The average molecular weight is 394 g/mol. The molecule has 0 spiro atoms. The normalized spacial score (nSPS) is 21.0. The van der Waals surface area contributed by atoms with Gasteiger partial charge in [-0.3, -0.25) is 9.59 Å². The van der Waals surface area contributed by atoms with Crippen LogP contribution in [-0.4, -0.2) is 45.0 Å². The molecule has 3 N–H and O–H groups in total. The van der Waals surface area contributed by atoms with Crippen LogP contribution in [0.15, 0.2) is 18.5 Å². The number of rotatable bonds is 5. The lowest BCUT2D eigenvalue weighted by molar-refractivity contribution is -0.148. The summed E-state index contributed by atoms with van der Waals surface area (Å²) in [4.78, 5) is 40.6. The minimum absolute atomic E-state index is 0.157. The number of carboxylic acid groups (broad SMARTS) is 1. The van der Waals surface area contributed by atoms with Crippen LogP contribution in [0.1, 0.15) is 26.2 Å². The Morgan fingerprint density at radius 3 is 2.79 bits per heavy atom. The molecule has 10 heteroatoms. The number of aliphatic carboxylic acids is 1. The molecule has 1 aliphatic heterocycles. The SMILES string of the molecule is CC1(C(=O)NC(Cn2cnc3cc(F)c(F)cc32)C(=O)O)CCCCNC1=O. The highest BCUT2D eigenvalue weighted by Gasteiger charge is 2.43. The molecule has 2 aromatic rings. The molecule has 0 saturated carbocycles. The number of fused-ring (bicyclic) bond motifs is 1. The van der Waals surface area contributed by atoms with Gasteiger partial charge in [0.25, 0.3) is 0 Å². The molecular weight excluding hydrogens is 374 g/mol. The van der Waals surface area contributed by atoms with Crippen LogP contribution in [0.2, 0.25) is 0 Å². The molecule has 2 unspecified atom stereocenters. The van der Waals surface area contributed by atoms with Gasteiger partial charge in [0.2, 0.25) is 11.8 Å². The molecule has 0 aliphatic carbocycles. The van der Waals surface area contributed by atoms with Gasteiger partial charge in [-0.2, -0.15) is 0 Å². The van der Waals surface area contributed by atoms with Gasteiger partial charge in [-0.15, -0.1) is 0 Å². The summed E-state index contributed by atoms with van der Waals surface area (Å²) in [5, 5.41) is 14.6. The number of nitrogens with one attached hydrogen (secondary N) is 2. The first-order valence-electron chi connectivity index (χ1n) is 8.84. The molecule has 2 amide bonds. The van der Waals surface area contributed by atoms with Crippen molar-refractivity contribution >= 4 is 28.8 Å². The highest BCUT2D eigenvalue weighted by Crippen LogP contribution is 2.27. The molecular formula is C18H20F2N4O4. The predicted octanol–water partition coefficient (Wildman–Crippen LogP) is 1.19. The second-order valence-corrected chi connectivity index (χ2v) is 7.06. The number of benzene rings is 1. The van der Waals surface area contributed by atoms with Gasteiger partial charge in [0.1, 0.15) is 11.5 Å². The molecule has 1 fully saturated rings. The third kappa shape index (κ3) is 3.67. The van der Waals surface area contributed by atoms with Crippen LogP contribution >= 0.6 is 0 Å². The van der Waals surface area contributed by atoms with Crippen molar-refractivity contribution in [3.05, 3.63) is 30.1 Å². The summed E-state index contributed by atoms with van der Waals surface area (Å²) in [5.41, 5.74) is -1.03. The second-order valence-electron chi connectivity index (χ2n) is 7.06. The van der Waals surface area contributed by atoms with Crippen LogP contribution < -0.4 is 10.6 Å². The van der Waals surface area contributed by atoms with E-state index in [2.05, 4.69) is 15.6 Å². The fourth-order valence-corrected chi connectivity index (χ4v) is 3.23. The lowest BCUT2D eigenvalue weighted by Crippen LogP contribution is -2.53. The number of imidazole rings is 1. The maximum Gasteiger partial charge on any atom is 0.328 e. The van der Waals surface area contributed by atoms with Crippen molar-refractivity contribution in [1.82, 2.24) is 20.2 Å². The highest BCUT2D eigenvalue weighted by molar-refractivity contribution is 6.05. The smallest absolute Gasteiger partial charge is 0.328 e. The van der Waals surface area contributed by atoms with Gasteiger partial charge in [0.15, 0.2) is 11.6 Å². The summed E-state index contributed by atoms with van der Waals surface area (Å²) < 4.78 is 28.2. The van der Waals surface area contributed by atoms with Gasteiger partial charge >= 0.3 is 5.97 Å². The molecule has 2 heterocycles. The molecule has 3 rings (SSSR count). The topological polar surface area (TPSA) is 113 Å². The van der Waals surface area contributed by atoms with E-state index in [1.807, 2.05) is 0 Å². The quantitative estimate of drug-likeness (QED) is 0.660. The Labute approximate surface area is 158 Å². The Bertz CT molecular complexity index is 945. The summed E-state index contributed by atoms with van der Waals surface area (Å²) in [6, 6.07) is 0.441. The summed E-state index contributed by atoms with van der Waals surface area (Å²) in [6.07, 6.45) is 2.93. The van der Waals surface area contributed by atoms with Crippen LogP contribution in [0.3, 0.4) is 0 Å².